The smallest absolute Gasteiger partial charge is 0.340 e. The minimum atomic E-state index is -0.363. The summed E-state index contributed by atoms with van der Waals surface area (Å²) in [6.45, 7) is 3.14. The molecule has 0 radical (unpaired) electrons. The van der Waals surface area contributed by atoms with Crippen molar-refractivity contribution in [2.24, 2.45) is 0 Å². The molecule has 0 aliphatic heterocycles. The zero-order valence-corrected chi connectivity index (χ0v) is 14.7. The predicted octanol–water partition coefficient (Wildman–Crippen LogP) is 3.32. The molecular formula is C20H24N2O3. The number of hydrogen-bond acceptors (Lipinski definition) is 4. The van der Waals surface area contributed by atoms with Crippen molar-refractivity contribution in [1.82, 2.24) is 4.90 Å². The summed E-state index contributed by atoms with van der Waals surface area (Å²) in [5.74, 6) is -0.317. The lowest BCUT2D eigenvalue weighted by Gasteiger charge is -2.18. The third kappa shape index (κ3) is 5.64. The molecule has 0 spiro atoms. The monoisotopic (exact) mass is 340 g/mol. The second-order valence-electron chi connectivity index (χ2n) is 5.68. The molecule has 2 aromatic carbocycles. The number of hydrogen-bond donors (Lipinski definition) is 1. The van der Waals surface area contributed by atoms with Gasteiger partial charge in [-0.05, 0) is 24.6 Å². The Morgan fingerprint density at radius 1 is 1.04 bits per heavy atom. The first kappa shape index (κ1) is 18.5. The largest absolute Gasteiger partial charge is 0.462 e. The molecule has 0 aliphatic carbocycles. The number of ether oxygens (including phenoxy) is 1. The van der Waals surface area contributed by atoms with E-state index in [2.05, 4.69) is 5.32 Å². The zero-order valence-electron chi connectivity index (χ0n) is 14.7. The molecule has 132 valence electrons. The molecule has 5 heteroatoms. The summed E-state index contributed by atoms with van der Waals surface area (Å²) in [5, 5.41) is 3.15. The lowest BCUT2D eigenvalue weighted by atomic mass is 10.1. The van der Waals surface area contributed by atoms with Crippen LogP contribution >= 0.6 is 0 Å². The van der Waals surface area contributed by atoms with Crippen molar-refractivity contribution in [2.45, 2.75) is 19.9 Å². The molecule has 0 atom stereocenters. The van der Waals surface area contributed by atoms with Crippen LogP contribution in [0.25, 0.3) is 0 Å². The van der Waals surface area contributed by atoms with Gasteiger partial charge in [0.25, 0.3) is 0 Å². The van der Waals surface area contributed by atoms with Gasteiger partial charge in [0, 0.05) is 32.2 Å². The number of anilines is 1. The van der Waals surface area contributed by atoms with Gasteiger partial charge in [0.2, 0.25) is 5.91 Å². The lowest BCUT2D eigenvalue weighted by molar-refractivity contribution is -0.130. The Morgan fingerprint density at radius 2 is 1.72 bits per heavy atom. The van der Waals surface area contributed by atoms with Crippen molar-refractivity contribution in [3.05, 3.63) is 65.7 Å². The number of nitrogens with one attached hydrogen (secondary N) is 1. The van der Waals surface area contributed by atoms with Gasteiger partial charge in [-0.15, -0.1) is 0 Å². The highest BCUT2D eigenvalue weighted by molar-refractivity contribution is 5.95. The molecule has 2 rings (SSSR count). The van der Waals surface area contributed by atoms with Crippen molar-refractivity contribution < 1.29 is 14.3 Å². The van der Waals surface area contributed by atoms with Crippen LogP contribution in [-0.4, -0.2) is 37.0 Å². The number of para-hydroxylation sites is 1. The van der Waals surface area contributed by atoms with E-state index in [9.17, 15) is 9.59 Å². The fraction of sp³-hybridized carbons (Fsp3) is 0.300. The van der Waals surface area contributed by atoms with Gasteiger partial charge in [0.15, 0.2) is 0 Å². The maximum atomic E-state index is 12.3. The van der Waals surface area contributed by atoms with Gasteiger partial charge in [-0.3, -0.25) is 4.79 Å². The van der Waals surface area contributed by atoms with Gasteiger partial charge in [-0.25, -0.2) is 4.79 Å². The van der Waals surface area contributed by atoms with Crippen molar-refractivity contribution >= 4 is 17.6 Å². The van der Waals surface area contributed by atoms with E-state index < -0.39 is 0 Å². The second kappa shape index (κ2) is 9.47. The van der Waals surface area contributed by atoms with E-state index in [-0.39, 0.29) is 11.9 Å². The number of nitrogens with zero attached hydrogens (tertiary/aromatic N) is 1. The quantitative estimate of drug-likeness (QED) is 0.749. The Hall–Kier alpha value is -2.82. The van der Waals surface area contributed by atoms with Gasteiger partial charge in [-0.1, -0.05) is 42.5 Å². The summed E-state index contributed by atoms with van der Waals surface area (Å²) < 4.78 is 5.05. The van der Waals surface area contributed by atoms with Crippen LogP contribution in [0.2, 0.25) is 0 Å². The topological polar surface area (TPSA) is 58.6 Å². The Balaban J connectivity index is 1.86. The van der Waals surface area contributed by atoms with E-state index in [1.807, 2.05) is 42.5 Å². The number of benzene rings is 2. The predicted molar refractivity (Wildman–Crippen MR) is 98.4 cm³/mol. The Kier molecular flexibility index (Phi) is 7.01. The SMILES string of the molecule is CCOC(=O)c1ccccc1NCCC(=O)N(C)Cc1ccccc1. The molecule has 0 bridgehead atoms. The molecule has 0 saturated heterocycles. The standard InChI is InChI=1S/C20H24N2O3/c1-3-25-20(24)17-11-7-8-12-18(17)21-14-13-19(23)22(2)15-16-9-5-4-6-10-16/h4-12,21H,3,13-15H2,1-2H3. The van der Waals surface area contributed by atoms with Crippen molar-refractivity contribution in [1.29, 1.82) is 0 Å². The highest BCUT2D eigenvalue weighted by Gasteiger charge is 2.13. The maximum absolute atomic E-state index is 12.3. The highest BCUT2D eigenvalue weighted by Crippen LogP contribution is 2.16. The third-order valence-corrected chi connectivity index (χ3v) is 3.77. The summed E-state index contributed by atoms with van der Waals surface area (Å²) in [6, 6.07) is 17.0. The second-order valence-corrected chi connectivity index (χ2v) is 5.68. The van der Waals surface area contributed by atoms with E-state index in [1.165, 1.54) is 0 Å². The van der Waals surface area contributed by atoms with Crippen LogP contribution in [0, 0.1) is 0 Å². The summed E-state index contributed by atoms with van der Waals surface area (Å²) in [5.41, 5.74) is 2.26. The molecule has 0 fully saturated rings. The van der Waals surface area contributed by atoms with Gasteiger partial charge in [0.05, 0.1) is 12.2 Å². The normalized spacial score (nSPS) is 10.2. The molecule has 0 heterocycles. The molecule has 0 aromatic heterocycles. The summed E-state index contributed by atoms with van der Waals surface area (Å²) in [6.07, 6.45) is 0.348. The molecule has 1 N–H and O–H groups in total. The number of carbonyl (C=O) groups is 2. The van der Waals surface area contributed by atoms with Crippen molar-refractivity contribution in [2.75, 3.05) is 25.5 Å². The van der Waals surface area contributed by atoms with Crippen LogP contribution in [0.1, 0.15) is 29.3 Å². The van der Waals surface area contributed by atoms with Crippen LogP contribution in [-0.2, 0) is 16.1 Å². The van der Waals surface area contributed by atoms with E-state index >= 15 is 0 Å². The number of esters is 1. The average Bonchev–Trinajstić information content (AvgIpc) is 2.63. The molecule has 5 nitrogen and oxygen atoms in total. The fourth-order valence-corrected chi connectivity index (χ4v) is 2.46. The summed E-state index contributed by atoms with van der Waals surface area (Å²) >= 11 is 0. The summed E-state index contributed by atoms with van der Waals surface area (Å²) in [7, 11) is 1.79. The van der Waals surface area contributed by atoms with E-state index in [0.717, 1.165) is 5.56 Å². The lowest BCUT2D eigenvalue weighted by Crippen LogP contribution is -2.27. The van der Waals surface area contributed by atoms with Gasteiger partial charge in [-0.2, -0.15) is 0 Å². The Morgan fingerprint density at radius 3 is 2.44 bits per heavy atom. The third-order valence-electron chi connectivity index (χ3n) is 3.77. The van der Waals surface area contributed by atoms with Crippen LogP contribution in [0.15, 0.2) is 54.6 Å². The number of amides is 1. The number of rotatable bonds is 8. The van der Waals surface area contributed by atoms with Crippen LogP contribution in [0.4, 0.5) is 5.69 Å². The minimum absolute atomic E-state index is 0.0463. The van der Waals surface area contributed by atoms with Crippen LogP contribution in [0.3, 0.4) is 0 Å². The molecule has 25 heavy (non-hydrogen) atoms. The van der Waals surface area contributed by atoms with E-state index in [1.54, 1.807) is 31.0 Å². The van der Waals surface area contributed by atoms with Gasteiger partial charge < -0.3 is 15.0 Å². The van der Waals surface area contributed by atoms with Gasteiger partial charge in [0.1, 0.15) is 0 Å². The zero-order chi connectivity index (χ0) is 18.1. The van der Waals surface area contributed by atoms with E-state index in [0.29, 0.717) is 37.4 Å². The molecule has 0 saturated carbocycles. The molecule has 2 aromatic rings. The van der Waals surface area contributed by atoms with E-state index in [4.69, 9.17) is 4.74 Å². The molecular weight excluding hydrogens is 316 g/mol. The molecule has 0 aliphatic rings. The first-order valence-corrected chi connectivity index (χ1v) is 8.39. The maximum Gasteiger partial charge on any atom is 0.340 e. The average molecular weight is 340 g/mol. The summed E-state index contributed by atoms with van der Waals surface area (Å²) in [4.78, 5) is 25.9. The molecule has 1 amide bonds. The van der Waals surface area contributed by atoms with Crippen LogP contribution < -0.4 is 5.32 Å². The highest BCUT2D eigenvalue weighted by atomic mass is 16.5. The van der Waals surface area contributed by atoms with Gasteiger partial charge >= 0.3 is 5.97 Å². The minimum Gasteiger partial charge on any atom is -0.462 e. The molecule has 0 unspecified atom stereocenters. The Labute approximate surface area is 148 Å². The Bertz CT molecular complexity index is 701. The number of carbonyl (C=O) groups excluding carboxylic acids is 2. The first-order valence-electron chi connectivity index (χ1n) is 8.39. The first-order chi connectivity index (χ1) is 12.1. The van der Waals surface area contributed by atoms with Crippen LogP contribution in [0.5, 0.6) is 0 Å². The fourth-order valence-electron chi connectivity index (χ4n) is 2.46. The van der Waals surface area contributed by atoms with Crippen molar-refractivity contribution in [3.8, 4) is 0 Å². The van der Waals surface area contributed by atoms with Crippen molar-refractivity contribution in [3.63, 3.8) is 0 Å².